The zero-order valence-corrected chi connectivity index (χ0v) is 19.1. The van der Waals surface area contributed by atoms with Gasteiger partial charge in [-0.05, 0) is 51.4 Å². The lowest BCUT2D eigenvalue weighted by molar-refractivity contribution is -0.220. The van der Waals surface area contributed by atoms with Crippen molar-refractivity contribution in [1.82, 2.24) is 14.5 Å². The number of amidine groups is 1. The standard InChI is InChI=1S/C20H35N5O4S/c1-14(2)24-13-18(12-21-24)25(17-8-10-29-11-9-17)30(27,28)23-20(26)22-19-15(3)6-5-7-16(19)4/h12-17,19H,5-11H2,1-4H3,(H2,22,23,26)/p-1. The van der Waals surface area contributed by atoms with Gasteiger partial charge in [-0.1, -0.05) is 20.3 Å². The van der Waals surface area contributed by atoms with Gasteiger partial charge < -0.3 is 9.84 Å². The Morgan fingerprint density at radius 3 is 2.47 bits per heavy atom. The summed E-state index contributed by atoms with van der Waals surface area (Å²) in [4.78, 5) is 4.24. The number of ether oxygens (including phenoxy) is 1. The molecule has 0 radical (unpaired) electrons. The normalized spacial score (nSPS) is 26.7. The minimum atomic E-state index is -4.14. The van der Waals surface area contributed by atoms with E-state index in [1.54, 1.807) is 10.9 Å². The fourth-order valence-corrected chi connectivity index (χ4v) is 5.78. The minimum absolute atomic E-state index is 0.0943. The molecule has 0 bridgehead atoms. The van der Waals surface area contributed by atoms with Crippen molar-refractivity contribution in [2.45, 2.75) is 77.9 Å². The maximum absolute atomic E-state index is 13.3. The molecule has 1 saturated carbocycles. The molecule has 1 aromatic rings. The molecule has 170 valence electrons. The van der Waals surface area contributed by atoms with Crippen LogP contribution in [0.1, 0.15) is 65.8 Å². The summed E-state index contributed by atoms with van der Waals surface area (Å²) in [5.74, 6) is 0.524. The van der Waals surface area contributed by atoms with Gasteiger partial charge in [0.1, 0.15) is 0 Å². The molecular weight excluding hydrogens is 406 g/mol. The Morgan fingerprint density at radius 1 is 1.27 bits per heavy atom. The molecule has 9 nitrogen and oxygen atoms in total. The van der Waals surface area contributed by atoms with Crippen LogP contribution in [0.5, 0.6) is 0 Å². The van der Waals surface area contributed by atoms with Crippen molar-refractivity contribution >= 4 is 21.9 Å². The zero-order valence-electron chi connectivity index (χ0n) is 18.3. The first-order chi connectivity index (χ1) is 14.2. The molecule has 1 N–H and O–H groups in total. The zero-order chi connectivity index (χ0) is 21.9. The van der Waals surface area contributed by atoms with Crippen molar-refractivity contribution in [3.05, 3.63) is 12.4 Å². The lowest BCUT2D eigenvalue weighted by atomic mass is 9.79. The third kappa shape index (κ3) is 5.26. The Balaban J connectivity index is 1.86. The van der Waals surface area contributed by atoms with E-state index in [1.807, 2.05) is 13.8 Å². The first-order valence-electron chi connectivity index (χ1n) is 10.9. The van der Waals surface area contributed by atoms with E-state index >= 15 is 0 Å². The topological polar surface area (TPSA) is 112 Å². The lowest BCUT2D eigenvalue weighted by Gasteiger charge is -2.36. The molecular formula is C20H34N5O4S-. The summed E-state index contributed by atoms with van der Waals surface area (Å²) in [7, 11) is -4.14. The first-order valence-corrected chi connectivity index (χ1v) is 12.3. The lowest BCUT2D eigenvalue weighted by Crippen LogP contribution is -2.53. The van der Waals surface area contributed by atoms with E-state index in [1.165, 1.54) is 10.5 Å². The number of rotatable bonds is 6. The molecule has 0 aromatic carbocycles. The van der Waals surface area contributed by atoms with Crippen molar-refractivity contribution in [1.29, 1.82) is 0 Å². The number of aliphatic imine (C=N–C) groups is 1. The van der Waals surface area contributed by atoms with Crippen molar-refractivity contribution in [2.24, 2.45) is 16.8 Å². The number of hydrogen-bond donors (Lipinski definition) is 1. The smallest absolute Gasteiger partial charge is 0.324 e. The Kier molecular flexibility index (Phi) is 7.28. The minimum Gasteiger partial charge on any atom is -0.846 e. The van der Waals surface area contributed by atoms with Crippen LogP contribution in [0, 0.1) is 11.8 Å². The Morgan fingerprint density at radius 2 is 1.90 bits per heavy atom. The fourth-order valence-electron chi connectivity index (χ4n) is 4.43. The number of aromatic nitrogens is 2. The number of nitrogens with one attached hydrogen (secondary N) is 1. The monoisotopic (exact) mass is 440 g/mol. The highest BCUT2D eigenvalue weighted by atomic mass is 32.2. The first kappa shape index (κ1) is 22.9. The van der Waals surface area contributed by atoms with E-state index in [9.17, 15) is 13.5 Å². The van der Waals surface area contributed by atoms with E-state index in [0.717, 1.165) is 19.3 Å². The van der Waals surface area contributed by atoms with Gasteiger partial charge in [-0.2, -0.15) is 13.5 Å². The van der Waals surface area contributed by atoms with Crippen LogP contribution >= 0.6 is 0 Å². The van der Waals surface area contributed by atoms with Gasteiger partial charge in [0.05, 0.1) is 30.0 Å². The summed E-state index contributed by atoms with van der Waals surface area (Å²) >= 11 is 0. The molecule has 0 spiro atoms. The van der Waals surface area contributed by atoms with Crippen LogP contribution in [-0.4, -0.2) is 49.5 Å². The molecule has 3 rings (SSSR count). The molecule has 10 heteroatoms. The van der Waals surface area contributed by atoms with Crippen LogP contribution in [0.2, 0.25) is 0 Å². The molecule has 2 heterocycles. The molecule has 1 aromatic heterocycles. The molecule has 0 amide bonds. The second-order valence-corrected chi connectivity index (χ2v) is 10.4. The molecule has 2 fully saturated rings. The van der Waals surface area contributed by atoms with E-state index in [2.05, 4.69) is 28.7 Å². The van der Waals surface area contributed by atoms with Crippen LogP contribution in [-0.2, 0) is 14.9 Å². The Labute approximate surface area is 179 Å². The Hall–Kier alpha value is -1.81. The van der Waals surface area contributed by atoms with E-state index in [4.69, 9.17) is 4.74 Å². The molecule has 2 unspecified atom stereocenters. The van der Waals surface area contributed by atoms with E-state index in [0.29, 0.717) is 31.7 Å². The van der Waals surface area contributed by atoms with Crippen molar-refractivity contribution < 1.29 is 18.3 Å². The highest BCUT2D eigenvalue weighted by Gasteiger charge is 2.33. The van der Waals surface area contributed by atoms with Crippen LogP contribution < -0.4 is 14.1 Å². The van der Waals surface area contributed by atoms with Gasteiger partial charge in [0.25, 0.3) is 0 Å². The van der Waals surface area contributed by atoms with Gasteiger partial charge in [-0.25, -0.2) is 4.31 Å². The molecule has 2 atom stereocenters. The highest BCUT2D eigenvalue weighted by Crippen LogP contribution is 2.31. The second-order valence-electron chi connectivity index (χ2n) is 8.83. The van der Waals surface area contributed by atoms with Gasteiger partial charge in [0.15, 0.2) is 0 Å². The average Bonchev–Trinajstić information content (AvgIpc) is 3.15. The molecule has 30 heavy (non-hydrogen) atoms. The molecule has 2 aliphatic rings. The number of anilines is 1. The third-order valence-electron chi connectivity index (χ3n) is 6.12. The predicted octanol–water partition coefficient (Wildman–Crippen LogP) is 1.82. The summed E-state index contributed by atoms with van der Waals surface area (Å²) in [6.45, 7) is 9.03. The van der Waals surface area contributed by atoms with E-state index in [-0.39, 0.29) is 30.0 Å². The molecule has 1 saturated heterocycles. The average molecular weight is 441 g/mol. The van der Waals surface area contributed by atoms with Crippen LogP contribution in [0.4, 0.5) is 5.69 Å². The van der Waals surface area contributed by atoms with Gasteiger partial charge >= 0.3 is 10.2 Å². The van der Waals surface area contributed by atoms with Crippen molar-refractivity contribution in [3.8, 4) is 0 Å². The summed E-state index contributed by atoms with van der Waals surface area (Å²) in [6.07, 6.45) is 7.45. The summed E-state index contributed by atoms with van der Waals surface area (Å²) < 4.78 is 37.1. The third-order valence-corrected chi connectivity index (χ3v) is 7.58. The summed E-state index contributed by atoms with van der Waals surface area (Å²) in [5.41, 5.74) is 0.440. The largest absolute Gasteiger partial charge is 0.846 e. The van der Waals surface area contributed by atoms with Gasteiger partial charge in [0, 0.05) is 25.5 Å². The highest BCUT2D eigenvalue weighted by molar-refractivity contribution is 7.91. The van der Waals surface area contributed by atoms with Gasteiger partial charge in [0.2, 0.25) is 0 Å². The molecule has 1 aliphatic carbocycles. The Bertz CT molecular complexity index is 822. The van der Waals surface area contributed by atoms with Gasteiger partial charge in [-0.3, -0.25) is 14.4 Å². The van der Waals surface area contributed by atoms with Crippen LogP contribution in [0.3, 0.4) is 0 Å². The summed E-state index contributed by atoms with van der Waals surface area (Å²) in [6, 6.07) is -1.17. The fraction of sp³-hybridized carbons (Fsp3) is 0.800. The van der Waals surface area contributed by atoms with Crippen LogP contribution in [0.25, 0.3) is 0 Å². The van der Waals surface area contributed by atoms with Crippen LogP contribution in [0.15, 0.2) is 17.4 Å². The van der Waals surface area contributed by atoms with Crippen molar-refractivity contribution in [3.63, 3.8) is 0 Å². The molecule has 1 aliphatic heterocycles. The quantitative estimate of drug-likeness (QED) is 0.536. The van der Waals surface area contributed by atoms with E-state index < -0.39 is 16.2 Å². The maximum atomic E-state index is 13.3. The second kappa shape index (κ2) is 9.55. The predicted molar refractivity (Wildman–Crippen MR) is 114 cm³/mol. The van der Waals surface area contributed by atoms with Gasteiger partial charge in [-0.15, -0.1) is 0 Å². The summed E-state index contributed by atoms with van der Waals surface area (Å²) in [5, 5.41) is 16.9. The number of nitrogens with zero attached hydrogens (tertiary/aromatic N) is 4. The van der Waals surface area contributed by atoms with Crippen molar-refractivity contribution in [2.75, 3.05) is 17.5 Å². The SMILES string of the molecule is CC1CCCC(C)C1N=C([O-])NS(=O)(=O)N(c1cnn(C(C)C)c1)C1CCOCC1. The maximum Gasteiger partial charge on any atom is 0.324 e. The number of hydrogen-bond acceptors (Lipinski definition) is 6.